The summed E-state index contributed by atoms with van der Waals surface area (Å²) < 4.78 is 31.5. The van der Waals surface area contributed by atoms with Gasteiger partial charge in [0.15, 0.2) is 0 Å². The standard InChI is InChI=1S/C31H28F2N6S/c1-3-26-30(39-18-23(8-11-28(39)35-26)38-16-14-37(13-12-34)15-17-38)25-10-9-24(20(2)29(25)33)31-36-27(19-40-31)21-4-6-22(32)7-5-21/h4-11,18-19H,3,13-17H2,1-2H3. The number of aryl methyl sites for hydroxylation is 1. The van der Waals surface area contributed by atoms with Gasteiger partial charge in [0.1, 0.15) is 22.3 Å². The number of thiazole rings is 1. The first-order valence-corrected chi connectivity index (χ1v) is 14.2. The second-order valence-electron chi connectivity index (χ2n) is 9.94. The Hall–Kier alpha value is -4.13. The summed E-state index contributed by atoms with van der Waals surface area (Å²) in [7, 11) is 0. The van der Waals surface area contributed by atoms with Gasteiger partial charge < -0.3 is 4.90 Å². The van der Waals surface area contributed by atoms with Gasteiger partial charge in [-0.2, -0.15) is 5.26 Å². The van der Waals surface area contributed by atoms with Gasteiger partial charge in [-0.05, 0) is 61.4 Å². The topological polar surface area (TPSA) is 60.5 Å². The number of anilines is 1. The zero-order valence-corrected chi connectivity index (χ0v) is 23.2. The lowest BCUT2D eigenvalue weighted by atomic mass is 10.0. The highest BCUT2D eigenvalue weighted by atomic mass is 32.1. The minimum absolute atomic E-state index is 0.289. The molecule has 40 heavy (non-hydrogen) atoms. The van der Waals surface area contributed by atoms with E-state index in [0.29, 0.717) is 29.1 Å². The normalized spacial score (nSPS) is 14.1. The Kier molecular flexibility index (Phi) is 7.05. The number of piperazine rings is 1. The molecule has 1 aliphatic rings. The van der Waals surface area contributed by atoms with Gasteiger partial charge in [0.25, 0.3) is 0 Å². The Morgan fingerprint density at radius 3 is 2.42 bits per heavy atom. The second kappa shape index (κ2) is 10.8. The maximum absolute atomic E-state index is 16.2. The molecular weight excluding hydrogens is 526 g/mol. The van der Waals surface area contributed by atoms with Gasteiger partial charge in [-0.15, -0.1) is 11.3 Å². The Labute approximate surface area is 235 Å². The molecule has 6 nitrogen and oxygen atoms in total. The molecule has 202 valence electrons. The molecule has 0 amide bonds. The third-order valence-corrected chi connectivity index (χ3v) is 8.43. The monoisotopic (exact) mass is 554 g/mol. The summed E-state index contributed by atoms with van der Waals surface area (Å²) in [6.07, 6.45) is 2.72. The number of hydrogen-bond acceptors (Lipinski definition) is 6. The number of imidazole rings is 1. The average Bonchev–Trinajstić information content (AvgIpc) is 3.60. The van der Waals surface area contributed by atoms with E-state index in [0.717, 1.165) is 65.7 Å². The maximum atomic E-state index is 16.2. The Morgan fingerprint density at radius 2 is 1.70 bits per heavy atom. The highest BCUT2D eigenvalue weighted by Crippen LogP contribution is 2.37. The van der Waals surface area contributed by atoms with Crippen molar-refractivity contribution in [1.29, 1.82) is 5.26 Å². The number of benzene rings is 2. The van der Waals surface area contributed by atoms with E-state index in [2.05, 4.69) is 28.1 Å². The van der Waals surface area contributed by atoms with Crippen molar-refractivity contribution in [3.63, 3.8) is 0 Å². The molecule has 1 saturated heterocycles. The molecule has 0 spiro atoms. The van der Waals surface area contributed by atoms with Crippen molar-refractivity contribution in [3.05, 3.63) is 83.0 Å². The molecule has 1 aliphatic heterocycles. The van der Waals surface area contributed by atoms with Crippen molar-refractivity contribution < 1.29 is 8.78 Å². The van der Waals surface area contributed by atoms with Gasteiger partial charge in [-0.3, -0.25) is 9.30 Å². The molecule has 4 heterocycles. The van der Waals surface area contributed by atoms with Crippen LogP contribution in [0.1, 0.15) is 18.2 Å². The minimum atomic E-state index is -0.295. The van der Waals surface area contributed by atoms with Crippen LogP contribution in [0.2, 0.25) is 0 Å². The van der Waals surface area contributed by atoms with E-state index in [4.69, 9.17) is 15.2 Å². The van der Waals surface area contributed by atoms with Gasteiger partial charge >= 0.3 is 0 Å². The molecule has 6 rings (SSSR count). The van der Waals surface area contributed by atoms with Crippen LogP contribution in [0.25, 0.3) is 38.7 Å². The molecule has 9 heteroatoms. The summed E-state index contributed by atoms with van der Waals surface area (Å²) in [6.45, 7) is 7.58. The molecule has 0 N–H and O–H groups in total. The molecule has 0 radical (unpaired) electrons. The van der Waals surface area contributed by atoms with Gasteiger partial charge in [0, 0.05) is 54.4 Å². The molecule has 0 bridgehead atoms. The van der Waals surface area contributed by atoms with Gasteiger partial charge in [0.2, 0.25) is 0 Å². The van der Waals surface area contributed by atoms with Gasteiger partial charge in [-0.25, -0.2) is 18.7 Å². The molecule has 0 atom stereocenters. The first-order chi connectivity index (χ1) is 19.5. The molecule has 1 fully saturated rings. The van der Waals surface area contributed by atoms with E-state index < -0.39 is 0 Å². The molecule has 0 aliphatic carbocycles. The fourth-order valence-electron chi connectivity index (χ4n) is 5.32. The van der Waals surface area contributed by atoms with Crippen LogP contribution in [0.4, 0.5) is 14.5 Å². The first kappa shape index (κ1) is 26.1. The molecule has 5 aromatic rings. The average molecular weight is 555 g/mol. The zero-order chi connectivity index (χ0) is 27.8. The maximum Gasteiger partial charge on any atom is 0.137 e. The summed E-state index contributed by atoms with van der Waals surface area (Å²) in [5.41, 5.74) is 6.77. The van der Waals surface area contributed by atoms with Crippen molar-refractivity contribution >= 4 is 22.7 Å². The Morgan fingerprint density at radius 1 is 0.950 bits per heavy atom. The summed E-state index contributed by atoms with van der Waals surface area (Å²) in [6, 6.07) is 16.3. The van der Waals surface area contributed by atoms with Crippen LogP contribution in [0, 0.1) is 29.9 Å². The lowest BCUT2D eigenvalue weighted by Crippen LogP contribution is -2.46. The number of pyridine rings is 1. The highest BCUT2D eigenvalue weighted by molar-refractivity contribution is 7.13. The van der Waals surface area contributed by atoms with Crippen LogP contribution in [0.5, 0.6) is 0 Å². The number of aromatic nitrogens is 3. The summed E-state index contributed by atoms with van der Waals surface area (Å²) >= 11 is 1.44. The fraction of sp³-hybridized carbons (Fsp3) is 0.258. The number of nitriles is 1. The summed E-state index contributed by atoms with van der Waals surface area (Å²) in [5.74, 6) is -0.583. The van der Waals surface area contributed by atoms with E-state index in [9.17, 15) is 4.39 Å². The van der Waals surface area contributed by atoms with Crippen LogP contribution < -0.4 is 4.90 Å². The van der Waals surface area contributed by atoms with Crippen LogP contribution in [0.15, 0.2) is 60.1 Å². The largest absolute Gasteiger partial charge is 0.368 e. The van der Waals surface area contributed by atoms with Crippen LogP contribution in [-0.4, -0.2) is 52.0 Å². The SMILES string of the molecule is CCc1nc2ccc(N3CCN(CC#N)CC3)cn2c1-c1ccc(-c2nc(-c3ccc(F)cc3)cs2)c(C)c1F. The Bertz CT molecular complexity index is 1730. The quantitative estimate of drug-likeness (QED) is 0.222. The number of fused-ring (bicyclic) bond motifs is 1. The number of nitrogens with zero attached hydrogens (tertiary/aromatic N) is 6. The van der Waals surface area contributed by atoms with Crippen molar-refractivity contribution in [1.82, 2.24) is 19.3 Å². The third kappa shape index (κ3) is 4.74. The van der Waals surface area contributed by atoms with E-state index in [1.807, 2.05) is 34.9 Å². The van der Waals surface area contributed by atoms with E-state index in [1.165, 1.54) is 23.5 Å². The lowest BCUT2D eigenvalue weighted by Gasteiger charge is -2.34. The molecule has 2 aromatic carbocycles. The van der Waals surface area contributed by atoms with E-state index in [1.54, 1.807) is 19.1 Å². The smallest absolute Gasteiger partial charge is 0.137 e. The van der Waals surface area contributed by atoms with Crippen LogP contribution >= 0.6 is 11.3 Å². The number of hydrogen-bond donors (Lipinski definition) is 0. The fourth-order valence-corrected chi connectivity index (χ4v) is 6.23. The van der Waals surface area contributed by atoms with Gasteiger partial charge in [0.05, 0.1) is 35.4 Å². The van der Waals surface area contributed by atoms with Crippen molar-refractivity contribution in [2.45, 2.75) is 20.3 Å². The summed E-state index contributed by atoms with van der Waals surface area (Å²) in [4.78, 5) is 14.0. The predicted molar refractivity (Wildman–Crippen MR) is 155 cm³/mol. The second-order valence-corrected chi connectivity index (χ2v) is 10.8. The number of halogens is 2. The van der Waals surface area contributed by atoms with Crippen molar-refractivity contribution in [3.8, 4) is 39.2 Å². The highest BCUT2D eigenvalue weighted by Gasteiger charge is 2.22. The van der Waals surface area contributed by atoms with Crippen molar-refractivity contribution in [2.24, 2.45) is 0 Å². The van der Waals surface area contributed by atoms with Crippen LogP contribution in [0.3, 0.4) is 0 Å². The predicted octanol–water partition coefficient (Wildman–Crippen LogP) is 6.59. The summed E-state index contributed by atoms with van der Waals surface area (Å²) in [5, 5.41) is 11.6. The van der Waals surface area contributed by atoms with E-state index in [-0.39, 0.29) is 11.6 Å². The molecule has 0 unspecified atom stereocenters. The molecule has 3 aromatic heterocycles. The Balaban J connectivity index is 1.36. The van der Waals surface area contributed by atoms with E-state index >= 15 is 4.39 Å². The zero-order valence-electron chi connectivity index (χ0n) is 22.4. The number of rotatable bonds is 6. The molecular formula is C31H28F2N6S. The molecule has 0 saturated carbocycles. The third-order valence-electron chi connectivity index (χ3n) is 7.56. The lowest BCUT2D eigenvalue weighted by molar-refractivity contribution is 0.287. The van der Waals surface area contributed by atoms with Crippen LogP contribution in [-0.2, 0) is 6.42 Å². The van der Waals surface area contributed by atoms with Gasteiger partial charge in [-0.1, -0.05) is 13.0 Å². The minimum Gasteiger partial charge on any atom is -0.368 e. The van der Waals surface area contributed by atoms with Crippen molar-refractivity contribution in [2.75, 3.05) is 37.6 Å². The first-order valence-electron chi connectivity index (χ1n) is 13.3.